The first kappa shape index (κ1) is 22.0. The molecule has 1 N–H and O–H groups in total. The lowest BCUT2D eigenvalue weighted by Crippen LogP contribution is -2.59. The molecule has 4 rings (SSSR count). The fourth-order valence-electron chi connectivity index (χ4n) is 5.13. The van der Waals surface area contributed by atoms with Crippen molar-refractivity contribution in [2.45, 2.75) is 78.0 Å². The lowest BCUT2D eigenvalue weighted by Gasteiger charge is -2.45. The van der Waals surface area contributed by atoms with Gasteiger partial charge in [-0.05, 0) is 68.2 Å². The third kappa shape index (κ3) is 4.25. The molecule has 0 radical (unpaired) electrons. The maximum Gasteiger partial charge on any atom is 0.317 e. The lowest BCUT2D eigenvalue weighted by molar-refractivity contribution is -0.0405. The molecule has 1 aromatic rings. The first-order chi connectivity index (χ1) is 14.8. The summed E-state index contributed by atoms with van der Waals surface area (Å²) in [5, 5.41) is 13.2. The van der Waals surface area contributed by atoms with Gasteiger partial charge in [-0.25, -0.2) is 4.79 Å². The Morgan fingerprint density at radius 1 is 1.32 bits per heavy atom. The second kappa shape index (κ2) is 8.35. The van der Waals surface area contributed by atoms with Gasteiger partial charge >= 0.3 is 6.03 Å². The van der Waals surface area contributed by atoms with Crippen LogP contribution in [0, 0.1) is 17.2 Å². The number of hydrogen-bond donors (Lipinski definition) is 1. The van der Waals surface area contributed by atoms with Crippen molar-refractivity contribution >= 4 is 11.7 Å². The molecule has 1 aliphatic carbocycles. The zero-order chi connectivity index (χ0) is 22.3. The van der Waals surface area contributed by atoms with Gasteiger partial charge in [0.15, 0.2) is 0 Å². The predicted octanol–water partition coefficient (Wildman–Crippen LogP) is 4.16. The molecule has 0 spiro atoms. The van der Waals surface area contributed by atoms with E-state index >= 15 is 0 Å². The fraction of sp³-hybridized carbons (Fsp3) is 0.680. The van der Waals surface area contributed by atoms with E-state index in [1.807, 2.05) is 11.8 Å². The highest BCUT2D eigenvalue weighted by molar-refractivity contribution is 5.75. The Morgan fingerprint density at radius 2 is 2.06 bits per heavy atom. The number of amides is 2. The Bertz CT molecular complexity index is 898. The van der Waals surface area contributed by atoms with E-state index in [4.69, 9.17) is 4.74 Å². The van der Waals surface area contributed by atoms with Gasteiger partial charge in [-0.15, -0.1) is 0 Å². The quantitative estimate of drug-likeness (QED) is 0.788. The van der Waals surface area contributed by atoms with Crippen LogP contribution in [-0.4, -0.2) is 48.8 Å². The third-order valence-electron chi connectivity index (χ3n) is 7.02. The number of nitriles is 1. The van der Waals surface area contributed by atoms with Crippen LogP contribution in [0.3, 0.4) is 0 Å². The number of rotatable bonds is 4. The summed E-state index contributed by atoms with van der Waals surface area (Å²) in [6.07, 6.45) is 3.22. The van der Waals surface area contributed by atoms with E-state index in [9.17, 15) is 10.1 Å². The van der Waals surface area contributed by atoms with Gasteiger partial charge in [0.1, 0.15) is 6.07 Å². The zero-order valence-corrected chi connectivity index (χ0v) is 19.6. The highest BCUT2D eigenvalue weighted by Gasteiger charge is 2.38. The van der Waals surface area contributed by atoms with Crippen LogP contribution in [-0.2, 0) is 17.8 Å². The van der Waals surface area contributed by atoms with Crippen LogP contribution in [0.2, 0.25) is 0 Å². The predicted molar refractivity (Wildman–Crippen MR) is 122 cm³/mol. The summed E-state index contributed by atoms with van der Waals surface area (Å²) in [5.74, 6) is 0.936. The van der Waals surface area contributed by atoms with Gasteiger partial charge in [-0.1, -0.05) is 13.8 Å². The number of carbonyl (C=O) groups is 1. The van der Waals surface area contributed by atoms with Crippen LogP contribution < -0.4 is 10.2 Å². The van der Waals surface area contributed by atoms with Crippen molar-refractivity contribution < 1.29 is 9.53 Å². The molecule has 3 aliphatic rings. The van der Waals surface area contributed by atoms with Crippen LogP contribution in [0.1, 0.15) is 75.6 Å². The number of anilines is 1. The Balaban J connectivity index is 1.72. The molecule has 2 aliphatic heterocycles. The molecule has 2 fully saturated rings. The van der Waals surface area contributed by atoms with Gasteiger partial charge < -0.3 is 19.9 Å². The summed E-state index contributed by atoms with van der Waals surface area (Å²) < 4.78 is 6.13. The minimum Gasteiger partial charge on any atom is -0.371 e. The molecule has 2 heterocycles. The Kier molecular flexibility index (Phi) is 5.91. The van der Waals surface area contributed by atoms with Crippen LogP contribution in [0.5, 0.6) is 0 Å². The number of fused-ring (bicyclic) bond motifs is 1. The van der Waals surface area contributed by atoms with E-state index in [0.717, 1.165) is 30.8 Å². The first-order valence-electron chi connectivity index (χ1n) is 11.8. The van der Waals surface area contributed by atoms with Crippen LogP contribution in [0.4, 0.5) is 10.5 Å². The number of hydrogen-bond acceptors (Lipinski definition) is 4. The average molecular weight is 425 g/mol. The number of piperazine rings is 1. The third-order valence-corrected chi connectivity index (χ3v) is 7.02. The van der Waals surface area contributed by atoms with Crippen LogP contribution in [0.15, 0.2) is 6.07 Å². The van der Waals surface area contributed by atoms with E-state index < -0.39 is 0 Å². The molecule has 1 saturated heterocycles. The largest absolute Gasteiger partial charge is 0.371 e. The van der Waals surface area contributed by atoms with Gasteiger partial charge in [-0.2, -0.15) is 5.26 Å². The van der Waals surface area contributed by atoms with Crippen LogP contribution >= 0.6 is 0 Å². The summed E-state index contributed by atoms with van der Waals surface area (Å²) in [5.41, 5.74) is 5.43. The topological polar surface area (TPSA) is 68.6 Å². The molecule has 6 heteroatoms. The fourth-order valence-corrected chi connectivity index (χ4v) is 5.13. The number of benzene rings is 1. The van der Waals surface area contributed by atoms with Gasteiger partial charge in [0.05, 0.1) is 29.5 Å². The van der Waals surface area contributed by atoms with Crippen molar-refractivity contribution in [2.75, 3.05) is 31.1 Å². The second-order valence-corrected chi connectivity index (χ2v) is 10.2. The van der Waals surface area contributed by atoms with Gasteiger partial charge in [0.2, 0.25) is 0 Å². The first-order valence-corrected chi connectivity index (χ1v) is 11.8. The van der Waals surface area contributed by atoms with Gasteiger partial charge in [0.25, 0.3) is 0 Å². The Morgan fingerprint density at radius 3 is 2.68 bits per heavy atom. The molecule has 0 bridgehead atoms. The maximum atomic E-state index is 12.6. The highest BCUT2D eigenvalue weighted by atomic mass is 16.5. The molecule has 0 aromatic heterocycles. The van der Waals surface area contributed by atoms with Crippen molar-refractivity contribution in [3.05, 3.63) is 28.3 Å². The van der Waals surface area contributed by atoms with Crippen LogP contribution in [0.25, 0.3) is 0 Å². The average Bonchev–Trinajstić information content (AvgIpc) is 3.56. The molecule has 1 aromatic carbocycles. The van der Waals surface area contributed by atoms with Crippen molar-refractivity contribution in [1.29, 1.82) is 5.26 Å². The monoisotopic (exact) mass is 424 g/mol. The van der Waals surface area contributed by atoms with Gasteiger partial charge in [-0.3, -0.25) is 0 Å². The standard InChI is InChI=1S/C25H36N4O2/c1-6-27-24(30)29-10-9-28(14-23(29)16(2)3)22-11-18(17-7-8-17)21-15-31-25(4,5)12-19(21)20(22)13-26/h11,16-17,23H,6-10,12,14-15H2,1-5H3,(H,27,30). The summed E-state index contributed by atoms with van der Waals surface area (Å²) in [4.78, 5) is 17.0. The zero-order valence-electron chi connectivity index (χ0n) is 19.6. The maximum absolute atomic E-state index is 12.6. The van der Waals surface area contributed by atoms with Crippen molar-refractivity contribution in [2.24, 2.45) is 5.92 Å². The summed E-state index contributed by atoms with van der Waals surface area (Å²) >= 11 is 0. The van der Waals surface area contributed by atoms with Crippen molar-refractivity contribution in [3.63, 3.8) is 0 Å². The Labute approximate surface area is 186 Å². The van der Waals surface area contributed by atoms with Crippen molar-refractivity contribution in [3.8, 4) is 6.07 Å². The minimum atomic E-state index is -0.255. The normalized spacial score (nSPS) is 22.8. The van der Waals surface area contributed by atoms with E-state index in [1.54, 1.807) is 0 Å². The summed E-state index contributed by atoms with van der Waals surface area (Å²) in [6, 6.07) is 4.96. The molecule has 1 saturated carbocycles. The minimum absolute atomic E-state index is 0.0179. The van der Waals surface area contributed by atoms with E-state index in [-0.39, 0.29) is 17.7 Å². The van der Waals surface area contributed by atoms with E-state index in [0.29, 0.717) is 31.5 Å². The van der Waals surface area contributed by atoms with Gasteiger partial charge in [0, 0.05) is 32.6 Å². The summed E-state index contributed by atoms with van der Waals surface area (Å²) in [7, 11) is 0. The number of ether oxygens (including phenoxy) is 1. The SMILES string of the molecule is CCNC(=O)N1CCN(c2cc(C3CC3)c3c(c2C#N)CC(C)(C)OC3)CC1C(C)C. The van der Waals surface area contributed by atoms with Crippen molar-refractivity contribution in [1.82, 2.24) is 10.2 Å². The molecule has 168 valence electrons. The summed E-state index contributed by atoms with van der Waals surface area (Å²) in [6.45, 7) is 13.9. The molecular formula is C25H36N4O2. The second-order valence-electron chi connectivity index (χ2n) is 10.2. The molecule has 1 atom stereocenters. The number of nitrogens with one attached hydrogen (secondary N) is 1. The number of urea groups is 1. The van der Waals surface area contributed by atoms with E-state index in [2.05, 4.69) is 50.0 Å². The smallest absolute Gasteiger partial charge is 0.317 e. The molecule has 31 heavy (non-hydrogen) atoms. The number of nitrogens with zero attached hydrogens (tertiary/aromatic N) is 3. The molecule has 2 amide bonds. The number of carbonyl (C=O) groups excluding carboxylic acids is 1. The molecule has 6 nitrogen and oxygen atoms in total. The van der Waals surface area contributed by atoms with E-state index in [1.165, 1.54) is 29.5 Å². The highest BCUT2D eigenvalue weighted by Crippen LogP contribution is 2.47. The Hall–Kier alpha value is -2.26. The molecule has 1 unspecified atom stereocenters. The lowest BCUT2D eigenvalue weighted by atomic mass is 9.83. The molecular weight excluding hydrogens is 388 g/mol.